The molecule has 1 amide bonds. The number of carbonyl (C=O) groups is 1. The minimum Gasteiger partial charge on any atom is -0.497 e. The van der Waals surface area contributed by atoms with Crippen molar-refractivity contribution >= 4 is 28.6 Å². The van der Waals surface area contributed by atoms with E-state index in [2.05, 4.69) is 32.3 Å². The highest BCUT2D eigenvalue weighted by Crippen LogP contribution is 2.32. The number of hydrogen-bond donors (Lipinski definition) is 1. The van der Waals surface area contributed by atoms with Crippen molar-refractivity contribution in [1.82, 2.24) is 20.2 Å². The number of aromatic nitrogens is 2. The number of amides is 1. The number of nitrogens with zero attached hydrogens (tertiary/aromatic N) is 3. The Morgan fingerprint density at radius 3 is 2.71 bits per heavy atom. The zero-order valence-corrected chi connectivity index (χ0v) is 20.5. The van der Waals surface area contributed by atoms with Crippen LogP contribution in [0.3, 0.4) is 0 Å². The molecule has 0 bridgehead atoms. The fraction of sp³-hybridized carbons (Fsp3) is 0.296. The van der Waals surface area contributed by atoms with Crippen LogP contribution >= 0.6 is 11.8 Å². The van der Waals surface area contributed by atoms with Gasteiger partial charge in [-0.05, 0) is 55.8 Å². The molecule has 2 aromatic heterocycles. The van der Waals surface area contributed by atoms with Gasteiger partial charge in [-0.2, -0.15) is 0 Å². The third kappa shape index (κ3) is 5.33. The molecule has 3 heterocycles. The van der Waals surface area contributed by atoms with Gasteiger partial charge in [0.05, 0.1) is 13.2 Å². The molecule has 1 unspecified atom stereocenters. The first-order valence-electron chi connectivity index (χ1n) is 11.8. The summed E-state index contributed by atoms with van der Waals surface area (Å²) in [6, 6.07) is 17.7. The molecular formula is C27H28N4O3S. The maximum absolute atomic E-state index is 13.4. The number of rotatable bonds is 9. The average Bonchev–Trinajstić information content (AvgIpc) is 3.57. The number of carbonyl (C=O) groups excluding carboxylic acids is 1. The first-order chi connectivity index (χ1) is 17.2. The van der Waals surface area contributed by atoms with Crippen molar-refractivity contribution in [2.75, 3.05) is 26.7 Å². The van der Waals surface area contributed by atoms with E-state index in [0.717, 1.165) is 35.4 Å². The number of likely N-dealkylation sites (tertiary alicyclic amines) is 1. The number of ether oxygens (including phenoxy) is 1. The zero-order chi connectivity index (χ0) is 24.0. The van der Waals surface area contributed by atoms with Gasteiger partial charge in [-0.25, -0.2) is 9.97 Å². The Morgan fingerprint density at radius 1 is 1.11 bits per heavy atom. The van der Waals surface area contributed by atoms with Crippen LogP contribution in [0.25, 0.3) is 11.0 Å². The molecule has 1 aliphatic heterocycles. The second-order valence-corrected chi connectivity index (χ2v) is 9.41. The second kappa shape index (κ2) is 10.9. The van der Waals surface area contributed by atoms with Crippen molar-refractivity contribution in [3.63, 3.8) is 0 Å². The smallest absolute Gasteiger partial charge is 0.287 e. The van der Waals surface area contributed by atoms with Crippen molar-refractivity contribution < 1.29 is 13.9 Å². The lowest BCUT2D eigenvalue weighted by Crippen LogP contribution is -2.37. The van der Waals surface area contributed by atoms with E-state index >= 15 is 0 Å². The summed E-state index contributed by atoms with van der Waals surface area (Å²) in [5.41, 5.74) is 2.69. The Hall–Kier alpha value is -3.36. The van der Waals surface area contributed by atoms with Crippen molar-refractivity contribution in [3.05, 3.63) is 83.9 Å². The van der Waals surface area contributed by atoms with Gasteiger partial charge in [0.15, 0.2) is 10.9 Å². The highest BCUT2D eigenvalue weighted by Gasteiger charge is 2.26. The topological polar surface area (TPSA) is 80.5 Å². The standard InChI is InChI=1S/C27H28N4O3S/c1-33-20-9-6-8-19(16-20)23(31-14-4-5-15-31)17-30-26(32)25-22(18-35-27-28-12-7-13-29-27)21-10-2-3-11-24(21)34-25/h2-3,6-13,16,23H,4-5,14-15,17-18H2,1H3,(H,30,32). The number of thioether (sulfide) groups is 1. The maximum atomic E-state index is 13.4. The summed E-state index contributed by atoms with van der Waals surface area (Å²) in [6.45, 7) is 2.51. The van der Waals surface area contributed by atoms with Gasteiger partial charge >= 0.3 is 0 Å². The summed E-state index contributed by atoms with van der Waals surface area (Å²) in [6.07, 6.45) is 5.77. The lowest BCUT2D eigenvalue weighted by atomic mass is 10.0. The van der Waals surface area contributed by atoms with E-state index in [4.69, 9.17) is 9.15 Å². The molecule has 7 nitrogen and oxygen atoms in total. The summed E-state index contributed by atoms with van der Waals surface area (Å²) in [5.74, 6) is 1.49. The van der Waals surface area contributed by atoms with Crippen LogP contribution in [-0.2, 0) is 5.75 Å². The van der Waals surface area contributed by atoms with Gasteiger partial charge in [-0.3, -0.25) is 9.69 Å². The van der Waals surface area contributed by atoms with Gasteiger partial charge < -0.3 is 14.5 Å². The van der Waals surface area contributed by atoms with Crippen LogP contribution in [-0.4, -0.2) is 47.5 Å². The Kier molecular flexibility index (Phi) is 7.30. The van der Waals surface area contributed by atoms with Gasteiger partial charge in [0.1, 0.15) is 11.3 Å². The van der Waals surface area contributed by atoms with E-state index in [0.29, 0.717) is 28.8 Å². The Labute approximate surface area is 208 Å². The van der Waals surface area contributed by atoms with Gasteiger partial charge in [0.25, 0.3) is 5.91 Å². The highest BCUT2D eigenvalue weighted by atomic mass is 32.2. The monoisotopic (exact) mass is 488 g/mol. The summed E-state index contributed by atoms with van der Waals surface area (Å²) < 4.78 is 11.5. The predicted molar refractivity (Wildman–Crippen MR) is 137 cm³/mol. The molecule has 1 fully saturated rings. The third-order valence-electron chi connectivity index (χ3n) is 6.31. The Bertz CT molecular complexity index is 1290. The normalized spacial score (nSPS) is 14.8. The Balaban J connectivity index is 1.38. The summed E-state index contributed by atoms with van der Waals surface area (Å²) >= 11 is 1.49. The van der Waals surface area contributed by atoms with Crippen LogP contribution in [0, 0.1) is 0 Å². The number of hydrogen-bond acceptors (Lipinski definition) is 7. The van der Waals surface area contributed by atoms with E-state index < -0.39 is 0 Å². The van der Waals surface area contributed by atoms with Crippen LogP contribution in [0.1, 0.15) is 40.6 Å². The fourth-order valence-corrected chi connectivity index (χ4v) is 5.38. The van der Waals surface area contributed by atoms with Crippen molar-refractivity contribution in [3.8, 4) is 5.75 Å². The molecule has 1 atom stereocenters. The largest absolute Gasteiger partial charge is 0.497 e. The SMILES string of the molecule is COc1cccc(C(CNC(=O)c2oc3ccccc3c2CSc2ncccn2)N2CCCC2)c1. The van der Waals surface area contributed by atoms with E-state index in [1.807, 2.05) is 36.4 Å². The maximum Gasteiger partial charge on any atom is 0.287 e. The van der Waals surface area contributed by atoms with E-state index in [-0.39, 0.29) is 11.9 Å². The molecule has 4 aromatic rings. The number of fused-ring (bicyclic) bond motifs is 1. The molecule has 35 heavy (non-hydrogen) atoms. The molecule has 2 aromatic carbocycles. The molecule has 8 heteroatoms. The molecule has 5 rings (SSSR count). The van der Waals surface area contributed by atoms with Crippen LogP contribution in [0.15, 0.2) is 76.6 Å². The first-order valence-corrected chi connectivity index (χ1v) is 12.8. The lowest BCUT2D eigenvalue weighted by molar-refractivity contribution is 0.0911. The Morgan fingerprint density at radius 2 is 1.91 bits per heavy atom. The molecule has 0 saturated carbocycles. The number of nitrogens with one attached hydrogen (secondary N) is 1. The molecule has 0 spiro atoms. The van der Waals surface area contributed by atoms with Crippen LogP contribution < -0.4 is 10.1 Å². The first kappa shape index (κ1) is 23.4. The van der Waals surface area contributed by atoms with Crippen LogP contribution in [0.4, 0.5) is 0 Å². The number of furan rings is 1. The molecule has 1 saturated heterocycles. The van der Waals surface area contributed by atoms with E-state index in [1.165, 1.54) is 24.6 Å². The number of methoxy groups -OCH3 is 1. The minimum absolute atomic E-state index is 0.0662. The quantitative estimate of drug-likeness (QED) is 0.260. The van der Waals surface area contributed by atoms with Gasteiger partial charge in [-0.1, -0.05) is 42.1 Å². The van der Waals surface area contributed by atoms with Gasteiger partial charge in [0.2, 0.25) is 0 Å². The van der Waals surface area contributed by atoms with E-state index in [9.17, 15) is 4.79 Å². The molecule has 0 radical (unpaired) electrons. The highest BCUT2D eigenvalue weighted by molar-refractivity contribution is 7.98. The van der Waals surface area contributed by atoms with E-state index in [1.54, 1.807) is 25.6 Å². The lowest BCUT2D eigenvalue weighted by Gasteiger charge is -2.28. The molecule has 1 N–H and O–H groups in total. The molecule has 180 valence electrons. The third-order valence-corrected chi connectivity index (χ3v) is 7.21. The summed E-state index contributed by atoms with van der Waals surface area (Å²) in [5, 5.41) is 4.75. The molecular weight excluding hydrogens is 460 g/mol. The van der Waals surface area contributed by atoms with Crippen molar-refractivity contribution in [2.24, 2.45) is 0 Å². The summed E-state index contributed by atoms with van der Waals surface area (Å²) in [7, 11) is 1.67. The number of benzene rings is 2. The fourth-order valence-electron chi connectivity index (χ4n) is 4.55. The van der Waals surface area contributed by atoms with Gasteiger partial charge in [-0.15, -0.1) is 0 Å². The average molecular weight is 489 g/mol. The molecule has 1 aliphatic rings. The molecule has 0 aliphatic carbocycles. The zero-order valence-electron chi connectivity index (χ0n) is 19.6. The minimum atomic E-state index is -0.210. The number of para-hydroxylation sites is 1. The van der Waals surface area contributed by atoms with Crippen molar-refractivity contribution in [1.29, 1.82) is 0 Å². The van der Waals surface area contributed by atoms with Crippen molar-refractivity contribution in [2.45, 2.75) is 29.8 Å². The van der Waals surface area contributed by atoms with Crippen LogP contribution in [0.5, 0.6) is 5.75 Å². The van der Waals surface area contributed by atoms with Crippen LogP contribution in [0.2, 0.25) is 0 Å². The predicted octanol–water partition coefficient (Wildman–Crippen LogP) is 5.09. The second-order valence-electron chi connectivity index (χ2n) is 8.47. The summed E-state index contributed by atoms with van der Waals surface area (Å²) in [4.78, 5) is 24.4. The van der Waals surface area contributed by atoms with Gasteiger partial charge in [0, 0.05) is 35.6 Å².